The maximum Gasteiger partial charge on any atom is 0.409 e. The van der Waals surface area contributed by atoms with E-state index >= 15 is 0 Å². The first-order chi connectivity index (χ1) is 8.16. The normalized spacial score (nSPS) is 30.0. The van der Waals surface area contributed by atoms with E-state index in [2.05, 4.69) is 40.2 Å². The van der Waals surface area contributed by atoms with Gasteiger partial charge in [-0.3, -0.25) is 0 Å². The van der Waals surface area contributed by atoms with E-state index in [1.165, 1.54) is 18.2 Å². The van der Waals surface area contributed by atoms with E-state index in [9.17, 15) is 4.79 Å². The van der Waals surface area contributed by atoms with Crippen molar-refractivity contribution >= 4 is 22.0 Å². The minimum atomic E-state index is -0.218. The molecule has 3 nitrogen and oxygen atoms in total. The van der Waals surface area contributed by atoms with Crippen LogP contribution in [0.3, 0.4) is 0 Å². The smallest absolute Gasteiger partial charge is 0.409 e. The Labute approximate surface area is 109 Å². The fraction of sp³-hybridized carbons (Fsp3) is 0.462. The van der Waals surface area contributed by atoms with Gasteiger partial charge in [-0.15, -0.1) is 0 Å². The lowest BCUT2D eigenvalue weighted by Gasteiger charge is -2.27. The van der Waals surface area contributed by atoms with Crippen molar-refractivity contribution in [1.82, 2.24) is 4.90 Å². The average Bonchev–Trinajstić information content (AvgIpc) is 2.81. The van der Waals surface area contributed by atoms with E-state index in [4.69, 9.17) is 4.74 Å². The summed E-state index contributed by atoms with van der Waals surface area (Å²) in [6, 6.07) is 8.60. The molecule has 2 aliphatic rings. The van der Waals surface area contributed by atoms with Gasteiger partial charge in [0.2, 0.25) is 0 Å². The Morgan fingerprint density at radius 2 is 2.29 bits per heavy atom. The third kappa shape index (κ3) is 1.43. The SMILES string of the molecule is COC(=O)N1CC[C@]2(Br)c3ccccc3C[C@H]12. The number of ether oxygens (including phenoxy) is 1. The van der Waals surface area contributed by atoms with Crippen LogP contribution in [-0.2, 0) is 15.5 Å². The van der Waals surface area contributed by atoms with Gasteiger partial charge < -0.3 is 9.64 Å². The average molecular weight is 296 g/mol. The molecular formula is C13H14BrNO2. The lowest BCUT2D eigenvalue weighted by molar-refractivity contribution is 0.118. The van der Waals surface area contributed by atoms with Gasteiger partial charge in [0.15, 0.2) is 0 Å². The molecule has 1 heterocycles. The molecule has 17 heavy (non-hydrogen) atoms. The number of amides is 1. The molecule has 0 bridgehead atoms. The molecule has 1 saturated heterocycles. The van der Waals surface area contributed by atoms with Crippen LogP contribution < -0.4 is 0 Å². The molecule has 0 aromatic heterocycles. The molecule has 1 aliphatic carbocycles. The zero-order chi connectivity index (χ0) is 12.0. The van der Waals surface area contributed by atoms with Gasteiger partial charge in [0, 0.05) is 6.54 Å². The maximum atomic E-state index is 11.7. The van der Waals surface area contributed by atoms with Crippen LogP contribution in [0.15, 0.2) is 24.3 Å². The molecule has 3 rings (SSSR count). The van der Waals surface area contributed by atoms with Crippen molar-refractivity contribution < 1.29 is 9.53 Å². The lowest BCUT2D eigenvalue weighted by atomic mass is 9.98. The van der Waals surface area contributed by atoms with Crippen LogP contribution in [0.2, 0.25) is 0 Å². The van der Waals surface area contributed by atoms with Crippen molar-refractivity contribution in [2.24, 2.45) is 0 Å². The minimum Gasteiger partial charge on any atom is -0.453 e. The summed E-state index contributed by atoms with van der Waals surface area (Å²) in [5, 5.41) is 0. The number of halogens is 1. The number of hydrogen-bond acceptors (Lipinski definition) is 2. The van der Waals surface area contributed by atoms with E-state index in [-0.39, 0.29) is 16.5 Å². The topological polar surface area (TPSA) is 29.5 Å². The van der Waals surface area contributed by atoms with Gasteiger partial charge >= 0.3 is 6.09 Å². The van der Waals surface area contributed by atoms with Crippen molar-refractivity contribution in [2.45, 2.75) is 23.2 Å². The molecule has 0 radical (unpaired) electrons. The molecule has 90 valence electrons. The number of nitrogens with zero attached hydrogens (tertiary/aromatic N) is 1. The molecule has 2 atom stereocenters. The van der Waals surface area contributed by atoms with E-state index in [1.54, 1.807) is 0 Å². The number of carbonyl (C=O) groups is 1. The number of benzene rings is 1. The number of carbonyl (C=O) groups excluding carboxylic acids is 1. The molecule has 1 aromatic carbocycles. The van der Waals surface area contributed by atoms with Gasteiger partial charge in [-0.25, -0.2) is 4.79 Å². The molecule has 1 aromatic rings. The van der Waals surface area contributed by atoms with E-state index < -0.39 is 0 Å². The largest absolute Gasteiger partial charge is 0.453 e. The first-order valence-electron chi connectivity index (χ1n) is 5.78. The van der Waals surface area contributed by atoms with Gasteiger partial charge in [0.25, 0.3) is 0 Å². The first kappa shape index (κ1) is 11.1. The summed E-state index contributed by atoms with van der Waals surface area (Å²) in [5.41, 5.74) is 2.67. The molecule has 0 N–H and O–H groups in total. The minimum absolute atomic E-state index is 0.0716. The Morgan fingerprint density at radius 3 is 3.06 bits per heavy atom. The van der Waals surface area contributed by atoms with Crippen molar-refractivity contribution in [3.8, 4) is 0 Å². The predicted octanol–water partition coefficient (Wildman–Crippen LogP) is 2.67. The standard InChI is InChI=1S/C13H14BrNO2/c1-17-12(16)15-7-6-13(14)10-5-3-2-4-9(10)8-11(13)15/h2-5,11H,6-8H2,1H3/t11-,13-/m0/s1. The predicted molar refractivity (Wildman–Crippen MR) is 68.3 cm³/mol. The van der Waals surface area contributed by atoms with Crippen LogP contribution in [0.25, 0.3) is 0 Å². The summed E-state index contributed by atoms with van der Waals surface area (Å²) in [4.78, 5) is 13.6. The molecule has 1 amide bonds. The highest BCUT2D eigenvalue weighted by molar-refractivity contribution is 9.09. The lowest BCUT2D eigenvalue weighted by Crippen LogP contribution is -2.40. The van der Waals surface area contributed by atoms with Gasteiger partial charge in [0.05, 0.1) is 17.5 Å². The Hall–Kier alpha value is -1.03. The maximum absolute atomic E-state index is 11.7. The van der Waals surface area contributed by atoms with Crippen molar-refractivity contribution in [3.63, 3.8) is 0 Å². The second-order valence-electron chi connectivity index (χ2n) is 4.65. The quantitative estimate of drug-likeness (QED) is 0.689. The number of rotatable bonds is 0. The molecule has 4 heteroatoms. The zero-order valence-corrected chi connectivity index (χ0v) is 11.2. The summed E-state index contributed by atoms with van der Waals surface area (Å²) >= 11 is 3.86. The molecule has 1 aliphatic heterocycles. The van der Waals surface area contributed by atoms with Gasteiger partial charge in [-0.05, 0) is 24.0 Å². The van der Waals surface area contributed by atoms with E-state index in [0.717, 1.165) is 19.4 Å². The Morgan fingerprint density at radius 1 is 1.53 bits per heavy atom. The summed E-state index contributed by atoms with van der Waals surface area (Å²) in [6.45, 7) is 0.761. The molecule has 0 saturated carbocycles. The van der Waals surface area contributed by atoms with Gasteiger partial charge in [-0.1, -0.05) is 40.2 Å². The van der Waals surface area contributed by atoms with E-state index in [1.807, 2.05) is 4.90 Å². The summed E-state index contributed by atoms with van der Waals surface area (Å²) in [7, 11) is 1.44. The zero-order valence-electron chi connectivity index (χ0n) is 9.65. The van der Waals surface area contributed by atoms with Crippen molar-refractivity contribution in [3.05, 3.63) is 35.4 Å². The monoisotopic (exact) mass is 295 g/mol. The summed E-state index contributed by atoms with van der Waals surface area (Å²) in [5.74, 6) is 0. The highest BCUT2D eigenvalue weighted by Crippen LogP contribution is 2.52. The second-order valence-corrected chi connectivity index (χ2v) is 6.07. The first-order valence-corrected chi connectivity index (χ1v) is 6.58. The van der Waals surface area contributed by atoms with Crippen LogP contribution in [0, 0.1) is 0 Å². The highest BCUT2D eigenvalue weighted by Gasteiger charge is 2.53. The number of methoxy groups -OCH3 is 1. The Balaban J connectivity index is 2.00. The molecule has 0 spiro atoms. The fourth-order valence-corrected chi connectivity index (χ4v) is 4.06. The Kier molecular flexibility index (Phi) is 2.43. The molecule has 0 unspecified atom stereocenters. The van der Waals surface area contributed by atoms with E-state index in [0.29, 0.717) is 0 Å². The summed E-state index contributed by atoms with van der Waals surface area (Å²) < 4.78 is 4.78. The van der Waals surface area contributed by atoms with Crippen LogP contribution in [0.1, 0.15) is 17.5 Å². The van der Waals surface area contributed by atoms with Gasteiger partial charge in [0.1, 0.15) is 0 Å². The number of alkyl halides is 1. The van der Waals surface area contributed by atoms with Crippen LogP contribution in [0.4, 0.5) is 4.79 Å². The summed E-state index contributed by atoms with van der Waals surface area (Å²) in [6.07, 6.45) is 1.64. The number of likely N-dealkylation sites (tertiary alicyclic amines) is 1. The molecular weight excluding hydrogens is 282 g/mol. The van der Waals surface area contributed by atoms with Crippen molar-refractivity contribution in [1.29, 1.82) is 0 Å². The van der Waals surface area contributed by atoms with Crippen molar-refractivity contribution in [2.75, 3.05) is 13.7 Å². The third-order valence-electron chi connectivity index (χ3n) is 3.91. The van der Waals surface area contributed by atoms with Gasteiger partial charge in [-0.2, -0.15) is 0 Å². The molecule has 1 fully saturated rings. The van der Waals surface area contributed by atoms with Crippen LogP contribution >= 0.6 is 15.9 Å². The Bertz CT molecular complexity index is 476. The third-order valence-corrected chi connectivity index (χ3v) is 5.26. The number of fused-ring (bicyclic) bond motifs is 3. The second kappa shape index (κ2) is 3.73. The highest BCUT2D eigenvalue weighted by atomic mass is 79.9. The van der Waals surface area contributed by atoms with Crippen LogP contribution in [0.5, 0.6) is 0 Å². The van der Waals surface area contributed by atoms with Crippen LogP contribution in [-0.4, -0.2) is 30.7 Å². The fourth-order valence-electron chi connectivity index (χ4n) is 3.09. The number of hydrogen-bond donors (Lipinski definition) is 0.